The molecule has 0 saturated carbocycles. The maximum absolute atomic E-state index is 13.2. The number of Topliss-reactive ketones (excluding diaryl/α,β-unsaturated/α-hetero) is 2. The standard InChI is InChI=1S/C23H17NO3S/c1-27-16-11-13-17(14-12-16)28-23-20(24-15-7-3-2-4-8-15)21(25)18-9-5-6-10-19(18)22(23)26/h2-14,24H,1H3. The summed E-state index contributed by atoms with van der Waals surface area (Å²) in [7, 11) is 1.60. The highest BCUT2D eigenvalue weighted by Gasteiger charge is 2.32. The van der Waals surface area contributed by atoms with Gasteiger partial charge in [0.25, 0.3) is 0 Å². The first-order valence-electron chi connectivity index (χ1n) is 8.74. The van der Waals surface area contributed by atoms with E-state index in [4.69, 9.17) is 4.74 Å². The van der Waals surface area contributed by atoms with Crippen LogP contribution in [0.15, 0.2) is 94.4 Å². The number of nitrogens with one attached hydrogen (secondary N) is 1. The lowest BCUT2D eigenvalue weighted by Crippen LogP contribution is -2.25. The van der Waals surface area contributed by atoms with Gasteiger partial charge in [-0.05, 0) is 36.4 Å². The number of methoxy groups -OCH3 is 1. The third-order valence-corrected chi connectivity index (χ3v) is 5.50. The van der Waals surface area contributed by atoms with Crippen molar-refractivity contribution in [2.24, 2.45) is 0 Å². The van der Waals surface area contributed by atoms with Gasteiger partial charge in [0.2, 0.25) is 11.6 Å². The van der Waals surface area contributed by atoms with Crippen molar-refractivity contribution in [3.63, 3.8) is 0 Å². The van der Waals surface area contributed by atoms with Crippen LogP contribution >= 0.6 is 11.8 Å². The predicted octanol–water partition coefficient (Wildman–Crippen LogP) is 5.19. The quantitative estimate of drug-likeness (QED) is 0.653. The van der Waals surface area contributed by atoms with Crippen LogP contribution in [0.25, 0.3) is 0 Å². The summed E-state index contributed by atoms with van der Waals surface area (Å²) in [6, 6.07) is 23.7. The number of carbonyl (C=O) groups excluding carboxylic acids is 2. The zero-order valence-corrected chi connectivity index (χ0v) is 16.0. The molecule has 0 saturated heterocycles. The molecule has 3 aromatic rings. The Labute approximate surface area is 167 Å². The molecule has 0 radical (unpaired) electrons. The van der Waals surface area contributed by atoms with Gasteiger partial charge in [-0.15, -0.1) is 0 Å². The molecule has 0 spiro atoms. The van der Waals surface area contributed by atoms with E-state index in [1.165, 1.54) is 11.8 Å². The van der Waals surface area contributed by atoms with Crippen LogP contribution in [-0.4, -0.2) is 18.7 Å². The molecule has 0 unspecified atom stereocenters. The van der Waals surface area contributed by atoms with Crippen LogP contribution in [0.3, 0.4) is 0 Å². The lowest BCUT2D eigenvalue weighted by atomic mass is 9.92. The Hall–Kier alpha value is -3.31. The molecule has 4 nitrogen and oxygen atoms in total. The van der Waals surface area contributed by atoms with Gasteiger partial charge in [-0.25, -0.2) is 0 Å². The number of allylic oxidation sites excluding steroid dienone is 2. The van der Waals surface area contributed by atoms with Crippen LogP contribution in [-0.2, 0) is 0 Å². The number of para-hydroxylation sites is 1. The van der Waals surface area contributed by atoms with Gasteiger partial charge < -0.3 is 10.1 Å². The Morgan fingerprint density at radius 1 is 0.750 bits per heavy atom. The summed E-state index contributed by atoms with van der Waals surface area (Å²) in [6.07, 6.45) is 0. The Bertz CT molecular complexity index is 1070. The van der Waals surface area contributed by atoms with Gasteiger partial charge in [-0.3, -0.25) is 9.59 Å². The van der Waals surface area contributed by atoms with Gasteiger partial charge in [0, 0.05) is 21.7 Å². The lowest BCUT2D eigenvalue weighted by molar-refractivity contribution is 0.0982. The van der Waals surface area contributed by atoms with E-state index in [0.717, 1.165) is 16.3 Å². The second-order valence-corrected chi connectivity index (χ2v) is 7.26. The number of thioether (sulfide) groups is 1. The molecule has 4 rings (SSSR count). The number of rotatable bonds is 5. The zero-order chi connectivity index (χ0) is 19.5. The van der Waals surface area contributed by atoms with Crippen LogP contribution < -0.4 is 10.1 Å². The Morgan fingerprint density at radius 3 is 2.00 bits per heavy atom. The molecular formula is C23H17NO3S. The van der Waals surface area contributed by atoms with Crippen molar-refractivity contribution in [1.82, 2.24) is 0 Å². The van der Waals surface area contributed by atoms with Crippen molar-refractivity contribution in [1.29, 1.82) is 0 Å². The number of ketones is 2. The van der Waals surface area contributed by atoms with E-state index in [0.29, 0.717) is 21.7 Å². The third-order valence-electron chi connectivity index (χ3n) is 4.40. The Kier molecular flexibility index (Phi) is 5.00. The van der Waals surface area contributed by atoms with Crippen molar-refractivity contribution in [3.05, 3.63) is 101 Å². The minimum Gasteiger partial charge on any atom is -0.497 e. The summed E-state index contributed by atoms with van der Waals surface area (Å²) in [4.78, 5) is 27.6. The highest BCUT2D eigenvalue weighted by atomic mass is 32.2. The van der Waals surface area contributed by atoms with E-state index in [9.17, 15) is 9.59 Å². The maximum Gasteiger partial charge on any atom is 0.211 e. The predicted molar refractivity (Wildman–Crippen MR) is 111 cm³/mol. The first-order chi connectivity index (χ1) is 13.7. The number of benzene rings is 3. The van der Waals surface area contributed by atoms with Gasteiger partial charge in [0.05, 0.1) is 12.0 Å². The van der Waals surface area contributed by atoms with Gasteiger partial charge >= 0.3 is 0 Å². The van der Waals surface area contributed by atoms with Crippen LogP contribution in [0.1, 0.15) is 20.7 Å². The molecule has 138 valence electrons. The van der Waals surface area contributed by atoms with Crippen molar-refractivity contribution in [2.45, 2.75) is 4.90 Å². The van der Waals surface area contributed by atoms with E-state index < -0.39 is 0 Å². The van der Waals surface area contributed by atoms with Crippen LogP contribution in [0.4, 0.5) is 5.69 Å². The van der Waals surface area contributed by atoms with Gasteiger partial charge in [-0.2, -0.15) is 0 Å². The first kappa shape index (κ1) is 18.1. The summed E-state index contributed by atoms with van der Waals surface area (Å²) in [5, 5.41) is 3.16. The van der Waals surface area contributed by atoms with E-state index in [1.807, 2.05) is 54.6 Å². The number of hydrogen-bond donors (Lipinski definition) is 1. The second-order valence-electron chi connectivity index (χ2n) is 6.18. The molecule has 0 atom stereocenters. The number of ether oxygens (including phenoxy) is 1. The first-order valence-corrected chi connectivity index (χ1v) is 9.55. The molecular weight excluding hydrogens is 370 g/mol. The van der Waals surface area contributed by atoms with E-state index in [-0.39, 0.29) is 11.6 Å². The molecule has 0 fully saturated rings. The molecule has 0 amide bonds. The highest BCUT2D eigenvalue weighted by Crippen LogP contribution is 2.37. The molecule has 0 aromatic heterocycles. The molecule has 1 N–H and O–H groups in total. The van der Waals surface area contributed by atoms with Gasteiger partial charge in [0.1, 0.15) is 11.4 Å². The van der Waals surface area contributed by atoms with Crippen LogP contribution in [0, 0.1) is 0 Å². The van der Waals surface area contributed by atoms with Crippen LogP contribution in [0.5, 0.6) is 5.75 Å². The molecule has 0 bridgehead atoms. The molecule has 28 heavy (non-hydrogen) atoms. The SMILES string of the molecule is COc1ccc(SC2=C(Nc3ccccc3)C(=O)c3ccccc3C2=O)cc1. The normalized spacial score (nSPS) is 13.3. The smallest absolute Gasteiger partial charge is 0.211 e. The monoisotopic (exact) mass is 387 g/mol. The molecule has 3 aromatic carbocycles. The molecule has 1 aliphatic carbocycles. The third kappa shape index (κ3) is 3.44. The lowest BCUT2D eigenvalue weighted by Gasteiger charge is -2.21. The summed E-state index contributed by atoms with van der Waals surface area (Å²) in [5.41, 5.74) is 1.91. The largest absolute Gasteiger partial charge is 0.497 e. The summed E-state index contributed by atoms with van der Waals surface area (Å²) < 4.78 is 5.19. The minimum atomic E-state index is -0.185. The Balaban J connectivity index is 1.78. The number of fused-ring (bicyclic) bond motifs is 1. The van der Waals surface area contributed by atoms with Crippen LogP contribution in [0.2, 0.25) is 0 Å². The molecule has 0 heterocycles. The van der Waals surface area contributed by atoms with Crippen molar-refractivity contribution in [2.75, 3.05) is 12.4 Å². The molecule has 0 aliphatic heterocycles. The molecule has 5 heteroatoms. The molecule has 1 aliphatic rings. The van der Waals surface area contributed by atoms with Gasteiger partial charge in [-0.1, -0.05) is 54.2 Å². The summed E-state index contributed by atoms with van der Waals surface area (Å²) in [6.45, 7) is 0. The zero-order valence-electron chi connectivity index (χ0n) is 15.1. The minimum absolute atomic E-state index is 0.158. The number of carbonyl (C=O) groups is 2. The van der Waals surface area contributed by atoms with Gasteiger partial charge in [0.15, 0.2) is 0 Å². The maximum atomic E-state index is 13.2. The summed E-state index contributed by atoms with van der Waals surface area (Å²) in [5.74, 6) is 0.391. The van der Waals surface area contributed by atoms with E-state index >= 15 is 0 Å². The van der Waals surface area contributed by atoms with Crippen molar-refractivity contribution >= 4 is 29.0 Å². The fourth-order valence-electron chi connectivity index (χ4n) is 2.99. The van der Waals surface area contributed by atoms with E-state index in [2.05, 4.69) is 5.32 Å². The number of anilines is 1. The van der Waals surface area contributed by atoms with Crippen molar-refractivity contribution in [3.8, 4) is 5.75 Å². The second kappa shape index (κ2) is 7.74. The topological polar surface area (TPSA) is 55.4 Å². The van der Waals surface area contributed by atoms with E-state index in [1.54, 1.807) is 31.4 Å². The Morgan fingerprint density at radius 2 is 1.36 bits per heavy atom. The number of hydrogen-bond acceptors (Lipinski definition) is 5. The highest BCUT2D eigenvalue weighted by molar-refractivity contribution is 8.04. The fraction of sp³-hybridized carbons (Fsp3) is 0.0435. The average molecular weight is 387 g/mol. The summed E-state index contributed by atoms with van der Waals surface area (Å²) >= 11 is 1.28. The average Bonchev–Trinajstić information content (AvgIpc) is 2.75. The fourth-order valence-corrected chi connectivity index (χ4v) is 3.95. The van der Waals surface area contributed by atoms with Crippen molar-refractivity contribution < 1.29 is 14.3 Å².